The minimum Gasteiger partial charge on any atom is -0.394 e. The van der Waals surface area contributed by atoms with Crippen LogP contribution >= 0.6 is 0 Å². The first-order valence-electron chi connectivity index (χ1n) is 6.61. The number of hydrogen-bond acceptors (Lipinski definition) is 3. The van der Waals surface area contributed by atoms with Crippen molar-refractivity contribution < 1.29 is 5.11 Å². The number of aryl methyl sites for hydroxylation is 1. The normalized spacial score (nSPS) is 14.3. The lowest BCUT2D eigenvalue weighted by Crippen LogP contribution is -2.49. The summed E-state index contributed by atoms with van der Waals surface area (Å²) in [4.78, 5) is 0. The predicted molar refractivity (Wildman–Crippen MR) is 75.8 cm³/mol. The Hall–Kier alpha value is -1.65. The molecule has 2 aromatic rings. The fourth-order valence-electron chi connectivity index (χ4n) is 2.36. The molecule has 1 atom stereocenters. The second kappa shape index (κ2) is 5.99. The highest BCUT2D eigenvalue weighted by Gasteiger charge is 2.31. The van der Waals surface area contributed by atoms with E-state index in [1.807, 2.05) is 54.9 Å². The maximum Gasteiger partial charge on any atom is 0.0867 e. The third kappa shape index (κ3) is 2.85. The van der Waals surface area contributed by atoms with Crippen molar-refractivity contribution in [2.24, 2.45) is 0 Å². The van der Waals surface area contributed by atoms with Crippen LogP contribution in [0.15, 0.2) is 42.6 Å². The van der Waals surface area contributed by atoms with Gasteiger partial charge in [-0.2, -0.15) is 5.10 Å². The lowest BCUT2D eigenvalue weighted by atomic mass is 9.90. The van der Waals surface area contributed by atoms with Gasteiger partial charge in [0.1, 0.15) is 0 Å². The van der Waals surface area contributed by atoms with E-state index in [0.717, 1.165) is 17.8 Å². The van der Waals surface area contributed by atoms with Crippen LogP contribution in [0.4, 0.5) is 0 Å². The Morgan fingerprint density at radius 3 is 2.53 bits per heavy atom. The molecule has 0 saturated carbocycles. The first kappa shape index (κ1) is 13.8. The molecule has 4 nitrogen and oxygen atoms in total. The maximum atomic E-state index is 9.95. The van der Waals surface area contributed by atoms with Crippen molar-refractivity contribution in [2.75, 3.05) is 13.2 Å². The molecule has 102 valence electrons. The second-order valence-corrected chi connectivity index (χ2v) is 4.77. The average molecular weight is 259 g/mol. The van der Waals surface area contributed by atoms with Crippen LogP contribution in [-0.2, 0) is 12.1 Å². The molecule has 0 aliphatic heterocycles. The number of hydrogen-bond donors (Lipinski definition) is 2. The molecule has 0 aliphatic rings. The van der Waals surface area contributed by atoms with Crippen molar-refractivity contribution in [3.05, 3.63) is 53.9 Å². The van der Waals surface area contributed by atoms with Crippen molar-refractivity contribution in [1.82, 2.24) is 15.1 Å². The van der Waals surface area contributed by atoms with Crippen LogP contribution in [0.5, 0.6) is 0 Å². The van der Waals surface area contributed by atoms with Crippen LogP contribution in [0, 0.1) is 6.92 Å². The number of nitrogens with one attached hydrogen (secondary N) is 1. The summed E-state index contributed by atoms with van der Waals surface area (Å²) in [5.74, 6) is 0. The average Bonchev–Trinajstić information content (AvgIpc) is 2.84. The summed E-state index contributed by atoms with van der Waals surface area (Å²) in [7, 11) is 0. The Bertz CT molecular complexity index is 509. The van der Waals surface area contributed by atoms with Gasteiger partial charge in [-0.1, -0.05) is 37.3 Å². The van der Waals surface area contributed by atoms with E-state index in [4.69, 9.17) is 0 Å². The first-order chi connectivity index (χ1) is 9.22. The van der Waals surface area contributed by atoms with Gasteiger partial charge in [-0.25, -0.2) is 0 Å². The van der Waals surface area contributed by atoms with Gasteiger partial charge in [0.2, 0.25) is 0 Å². The number of aliphatic hydroxyl groups is 1. The molecular weight excluding hydrogens is 238 g/mol. The minimum absolute atomic E-state index is 0.0319. The van der Waals surface area contributed by atoms with Gasteiger partial charge in [0, 0.05) is 11.9 Å². The van der Waals surface area contributed by atoms with Gasteiger partial charge < -0.3 is 10.4 Å². The summed E-state index contributed by atoms with van der Waals surface area (Å²) in [6.07, 6.45) is 1.79. The number of benzene rings is 1. The maximum absolute atomic E-state index is 9.95. The Morgan fingerprint density at radius 2 is 2.00 bits per heavy atom. The quantitative estimate of drug-likeness (QED) is 0.830. The van der Waals surface area contributed by atoms with Crippen LogP contribution in [0.25, 0.3) is 0 Å². The summed E-state index contributed by atoms with van der Waals surface area (Å²) in [5, 5.41) is 17.7. The third-order valence-electron chi connectivity index (χ3n) is 3.46. The van der Waals surface area contributed by atoms with Crippen LogP contribution in [-0.4, -0.2) is 28.0 Å². The molecule has 0 amide bonds. The molecule has 0 saturated heterocycles. The number of aromatic nitrogens is 2. The van der Waals surface area contributed by atoms with E-state index < -0.39 is 5.54 Å². The van der Waals surface area contributed by atoms with E-state index in [0.29, 0.717) is 6.54 Å². The molecule has 1 unspecified atom stereocenters. The fraction of sp³-hybridized carbons (Fsp3) is 0.400. The summed E-state index contributed by atoms with van der Waals surface area (Å²) < 4.78 is 1.92. The Morgan fingerprint density at radius 1 is 1.26 bits per heavy atom. The monoisotopic (exact) mass is 259 g/mol. The molecule has 4 heteroatoms. The van der Waals surface area contributed by atoms with Gasteiger partial charge in [-0.3, -0.25) is 4.68 Å². The number of nitrogens with zero attached hydrogens (tertiary/aromatic N) is 2. The first-order valence-corrected chi connectivity index (χ1v) is 6.61. The zero-order valence-electron chi connectivity index (χ0n) is 11.5. The fourth-order valence-corrected chi connectivity index (χ4v) is 2.36. The molecule has 0 radical (unpaired) electrons. The Kier molecular flexibility index (Phi) is 4.35. The second-order valence-electron chi connectivity index (χ2n) is 4.77. The molecule has 0 fully saturated rings. The van der Waals surface area contributed by atoms with Crippen LogP contribution in [0.1, 0.15) is 18.2 Å². The van der Waals surface area contributed by atoms with E-state index in [-0.39, 0.29) is 6.61 Å². The minimum atomic E-state index is -0.493. The van der Waals surface area contributed by atoms with Gasteiger partial charge >= 0.3 is 0 Å². The highest BCUT2D eigenvalue weighted by molar-refractivity contribution is 5.25. The van der Waals surface area contributed by atoms with Gasteiger partial charge in [0.05, 0.1) is 18.7 Å². The standard InChI is InChI=1S/C15H21N3O/c1-3-16-15(12-19,14-7-5-4-6-8-14)11-18-13(2)9-10-17-18/h4-10,16,19H,3,11-12H2,1-2H3. The summed E-state index contributed by atoms with van der Waals surface area (Å²) >= 11 is 0. The lowest BCUT2D eigenvalue weighted by molar-refractivity contribution is 0.139. The smallest absolute Gasteiger partial charge is 0.0867 e. The molecule has 0 aliphatic carbocycles. The highest BCUT2D eigenvalue weighted by Crippen LogP contribution is 2.23. The zero-order valence-corrected chi connectivity index (χ0v) is 11.5. The van der Waals surface area contributed by atoms with Gasteiger partial charge in [0.25, 0.3) is 0 Å². The largest absolute Gasteiger partial charge is 0.394 e. The van der Waals surface area contributed by atoms with Crippen molar-refractivity contribution in [3.8, 4) is 0 Å². The van der Waals surface area contributed by atoms with Gasteiger partial charge in [-0.05, 0) is 25.1 Å². The topological polar surface area (TPSA) is 50.1 Å². The van der Waals surface area contributed by atoms with E-state index in [2.05, 4.69) is 10.4 Å². The zero-order chi connectivity index (χ0) is 13.7. The summed E-state index contributed by atoms with van der Waals surface area (Å²) in [5.41, 5.74) is 1.67. The van der Waals surface area contributed by atoms with Crippen LogP contribution in [0.2, 0.25) is 0 Å². The van der Waals surface area contributed by atoms with Crippen molar-refractivity contribution in [1.29, 1.82) is 0 Å². The van der Waals surface area contributed by atoms with Crippen molar-refractivity contribution in [2.45, 2.75) is 25.9 Å². The van der Waals surface area contributed by atoms with E-state index in [9.17, 15) is 5.11 Å². The van der Waals surface area contributed by atoms with E-state index >= 15 is 0 Å². The molecule has 1 heterocycles. The third-order valence-corrected chi connectivity index (χ3v) is 3.46. The molecular formula is C15H21N3O. The van der Waals surface area contributed by atoms with Crippen molar-refractivity contribution in [3.63, 3.8) is 0 Å². The summed E-state index contributed by atoms with van der Waals surface area (Å²) in [6, 6.07) is 12.0. The lowest BCUT2D eigenvalue weighted by Gasteiger charge is -2.33. The molecule has 0 bridgehead atoms. The molecule has 0 spiro atoms. The van der Waals surface area contributed by atoms with Crippen LogP contribution in [0.3, 0.4) is 0 Å². The van der Waals surface area contributed by atoms with Gasteiger partial charge in [0.15, 0.2) is 0 Å². The SMILES string of the molecule is CCNC(CO)(Cn1nccc1C)c1ccccc1. The Labute approximate surface area is 114 Å². The Balaban J connectivity index is 2.37. The number of aliphatic hydroxyl groups excluding tert-OH is 1. The number of rotatable bonds is 6. The molecule has 2 rings (SSSR count). The summed E-state index contributed by atoms with van der Waals surface area (Å²) in [6.45, 7) is 5.50. The van der Waals surface area contributed by atoms with Crippen molar-refractivity contribution >= 4 is 0 Å². The highest BCUT2D eigenvalue weighted by atomic mass is 16.3. The molecule has 19 heavy (non-hydrogen) atoms. The van der Waals surface area contributed by atoms with E-state index in [1.165, 1.54) is 0 Å². The van der Waals surface area contributed by atoms with Crippen LogP contribution < -0.4 is 5.32 Å². The molecule has 1 aromatic carbocycles. The predicted octanol–water partition coefficient (Wildman–Crippen LogP) is 1.69. The molecule has 2 N–H and O–H groups in total. The molecule has 1 aromatic heterocycles. The van der Waals surface area contributed by atoms with Gasteiger partial charge in [-0.15, -0.1) is 0 Å². The number of likely N-dealkylation sites (N-methyl/N-ethyl adjacent to an activating group) is 1. The van der Waals surface area contributed by atoms with E-state index in [1.54, 1.807) is 6.20 Å².